The highest BCUT2D eigenvalue weighted by molar-refractivity contribution is 7.92. The number of carbonyl (C=O) groups excluding carboxylic acids is 2. The molecular formula is C27H29Cl2N3O5S. The second-order valence-corrected chi connectivity index (χ2v) is 11.2. The lowest BCUT2D eigenvalue weighted by Gasteiger charge is -2.32. The zero-order valence-electron chi connectivity index (χ0n) is 21.4. The number of methoxy groups -OCH3 is 1. The number of nitrogens with one attached hydrogen (secondary N) is 1. The van der Waals surface area contributed by atoms with Gasteiger partial charge >= 0.3 is 0 Å². The van der Waals surface area contributed by atoms with Crippen molar-refractivity contribution in [2.75, 3.05) is 25.0 Å². The highest BCUT2D eigenvalue weighted by atomic mass is 35.5. The summed E-state index contributed by atoms with van der Waals surface area (Å²) >= 11 is 12.6. The van der Waals surface area contributed by atoms with Gasteiger partial charge in [0.15, 0.2) is 0 Å². The lowest BCUT2D eigenvalue weighted by Crippen LogP contribution is -2.50. The fraction of sp³-hybridized carbons (Fsp3) is 0.259. The van der Waals surface area contributed by atoms with Crippen LogP contribution in [0, 0.1) is 6.92 Å². The van der Waals surface area contributed by atoms with E-state index in [2.05, 4.69) is 5.32 Å². The van der Waals surface area contributed by atoms with E-state index in [0.29, 0.717) is 16.3 Å². The number of carbonyl (C=O) groups is 2. The second kappa shape index (κ2) is 12.5. The minimum atomic E-state index is -4.21. The maximum absolute atomic E-state index is 13.8. The van der Waals surface area contributed by atoms with E-state index in [1.54, 1.807) is 43.3 Å². The monoisotopic (exact) mass is 577 g/mol. The van der Waals surface area contributed by atoms with E-state index in [4.69, 9.17) is 27.9 Å². The molecule has 202 valence electrons. The molecule has 8 nitrogen and oxygen atoms in total. The zero-order valence-corrected chi connectivity index (χ0v) is 23.8. The Bertz CT molecular complexity index is 1410. The van der Waals surface area contributed by atoms with E-state index in [1.807, 2.05) is 6.92 Å². The highest BCUT2D eigenvalue weighted by Crippen LogP contribution is 2.32. The molecule has 0 bridgehead atoms. The summed E-state index contributed by atoms with van der Waals surface area (Å²) in [5.41, 5.74) is 1.65. The topological polar surface area (TPSA) is 96.0 Å². The van der Waals surface area contributed by atoms with Crippen molar-refractivity contribution in [1.29, 1.82) is 0 Å². The third-order valence-corrected chi connectivity index (χ3v) is 8.48. The van der Waals surface area contributed by atoms with Gasteiger partial charge in [-0.15, -0.1) is 0 Å². The standard InChI is InChI=1S/C27H29Cl2N3O5S/c1-18-9-12-22(13-10-18)38(35,36)32(21-11-14-25(37-4)24(29)15-21)17-26(33)31(19(2)27(34)30-3)16-20-7-5-6-8-23(20)28/h5-15,19H,16-17H2,1-4H3,(H,30,34). The number of nitrogens with zero attached hydrogens (tertiary/aromatic N) is 2. The van der Waals surface area contributed by atoms with Crippen molar-refractivity contribution in [1.82, 2.24) is 10.2 Å². The van der Waals surface area contributed by atoms with Crippen molar-refractivity contribution in [3.63, 3.8) is 0 Å². The number of rotatable bonds is 10. The molecule has 2 amide bonds. The van der Waals surface area contributed by atoms with E-state index in [9.17, 15) is 18.0 Å². The Morgan fingerprint density at radius 2 is 1.66 bits per heavy atom. The molecule has 0 aliphatic heterocycles. The molecule has 1 unspecified atom stereocenters. The van der Waals surface area contributed by atoms with Gasteiger partial charge in [0, 0.05) is 18.6 Å². The van der Waals surface area contributed by atoms with Crippen LogP contribution in [0.2, 0.25) is 10.0 Å². The Kier molecular flexibility index (Phi) is 9.65. The Hall–Kier alpha value is -3.27. The van der Waals surface area contributed by atoms with Gasteiger partial charge < -0.3 is 15.0 Å². The average molecular weight is 579 g/mol. The van der Waals surface area contributed by atoms with E-state index in [0.717, 1.165) is 9.87 Å². The van der Waals surface area contributed by atoms with Crippen molar-refractivity contribution in [3.8, 4) is 5.75 Å². The number of anilines is 1. The van der Waals surface area contributed by atoms with E-state index >= 15 is 0 Å². The number of benzene rings is 3. The highest BCUT2D eigenvalue weighted by Gasteiger charge is 2.32. The van der Waals surface area contributed by atoms with Gasteiger partial charge in [0.2, 0.25) is 11.8 Å². The minimum Gasteiger partial charge on any atom is -0.495 e. The van der Waals surface area contributed by atoms with Crippen molar-refractivity contribution < 1.29 is 22.7 Å². The number of hydrogen-bond donors (Lipinski definition) is 1. The third-order valence-electron chi connectivity index (χ3n) is 6.02. The smallest absolute Gasteiger partial charge is 0.264 e. The van der Waals surface area contributed by atoms with Crippen LogP contribution in [0.1, 0.15) is 18.1 Å². The molecule has 1 N–H and O–H groups in total. The fourth-order valence-corrected chi connectivity index (χ4v) is 5.63. The molecule has 0 radical (unpaired) electrons. The summed E-state index contributed by atoms with van der Waals surface area (Å²) < 4.78 is 33.8. The van der Waals surface area contributed by atoms with Crippen LogP contribution in [0.5, 0.6) is 5.75 Å². The molecule has 0 spiro atoms. The number of aryl methyl sites for hydroxylation is 1. The molecular weight excluding hydrogens is 549 g/mol. The number of sulfonamides is 1. The number of amides is 2. The van der Waals surface area contributed by atoms with Crippen LogP contribution in [0.15, 0.2) is 71.6 Å². The molecule has 0 aromatic heterocycles. The molecule has 0 aliphatic rings. The minimum absolute atomic E-state index is 0.000144. The quantitative estimate of drug-likeness (QED) is 0.378. The van der Waals surface area contributed by atoms with Gasteiger partial charge in [-0.3, -0.25) is 13.9 Å². The summed E-state index contributed by atoms with van der Waals surface area (Å²) in [6.07, 6.45) is 0. The lowest BCUT2D eigenvalue weighted by atomic mass is 10.1. The number of hydrogen-bond acceptors (Lipinski definition) is 5. The first-order valence-electron chi connectivity index (χ1n) is 11.7. The van der Waals surface area contributed by atoms with Crippen LogP contribution in [-0.2, 0) is 26.2 Å². The van der Waals surface area contributed by atoms with Crippen molar-refractivity contribution in [2.24, 2.45) is 0 Å². The van der Waals surface area contributed by atoms with E-state index in [1.165, 1.54) is 49.4 Å². The Labute approximate surface area is 233 Å². The average Bonchev–Trinajstić information content (AvgIpc) is 2.90. The lowest BCUT2D eigenvalue weighted by molar-refractivity contribution is -0.139. The molecule has 3 aromatic rings. The van der Waals surface area contributed by atoms with Crippen LogP contribution in [-0.4, -0.2) is 51.9 Å². The van der Waals surface area contributed by atoms with Gasteiger partial charge in [-0.2, -0.15) is 0 Å². The summed E-state index contributed by atoms with van der Waals surface area (Å²) in [5.74, 6) is -0.669. The maximum Gasteiger partial charge on any atom is 0.264 e. The van der Waals surface area contributed by atoms with Crippen LogP contribution in [0.4, 0.5) is 5.69 Å². The third kappa shape index (κ3) is 6.59. The number of likely N-dealkylation sites (N-methyl/N-ethyl adjacent to an activating group) is 1. The maximum atomic E-state index is 13.8. The summed E-state index contributed by atoms with van der Waals surface area (Å²) in [4.78, 5) is 27.6. The van der Waals surface area contributed by atoms with Gasteiger partial charge in [-0.05, 0) is 55.8 Å². The van der Waals surface area contributed by atoms with Crippen molar-refractivity contribution >= 4 is 50.7 Å². The Morgan fingerprint density at radius 1 is 1.00 bits per heavy atom. The fourth-order valence-electron chi connectivity index (χ4n) is 3.78. The van der Waals surface area contributed by atoms with E-state index in [-0.39, 0.29) is 22.2 Å². The van der Waals surface area contributed by atoms with Crippen LogP contribution < -0.4 is 14.4 Å². The Balaban J connectivity index is 2.08. The van der Waals surface area contributed by atoms with Crippen LogP contribution in [0.3, 0.4) is 0 Å². The van der Waals surface area contributed by atoms with Gasteiger partial charge in [0.1, 0.15) is 18.3 Å². The first kappa shape index (κ1) is 29.3. The summed E-state index contributed by atoms with van der Waals surface area (Å²) in [6, 6.07) is 16.8. The molecule has 3 rings (SSSR count). The van der Waals surface area contributed by atoms with Crippen LogP contribution >= 0.6 is 23.2 Å². The summed E-state index contributed by atoms with van der Waals surface area (Å²) in [7, 11) is -1.30. The molecule has 0 saturated heterocycles. The molecule has 0 heterocycles. The zero-order chi connectivity index (χ0) is 28.0. The van der Waals surface area contributed by atoms with Crippen molar-refractivity contribution in [3.05, 3.63) is 87.9 Å². The predicted molar refractivity (Wildman–Crippen MR) is 149 cm³/mol. The van der Waals surface area contributed by atoms with Crippen LogP contribution in [0.25, 0.3) is 0 Å². The molecule has 38 heavy (non-hydrogen) atoms. The molecule has 11 heteroatoms. The largest absolute Gasteiger partial charge is 0.495 e. The Morgan fingerprint density at radius 3 is 2.24 bits per heavy atom. The molecule has 0 fully saturated rings. The number of halogens is 2. The van der Waals surface area contributed by atoms with Gasteiger partial charge in [0.25, 0.3) is 10.0 Å². The first-order chi connectivity index (χ1) is 18.0. The number of ether oxygens (including phenoxy) is 1. The summed E-state index contributed by atoms with van der Waals surface area (Å²) in [5, 5.41) is 3.13. The first-order valence-corrected chi connectivity index (χ1v) is 13.9. The van der Waals surface area contributed by atoms with Crippen molar-refractivity contribution in [2.45, 2.75) is 31.3 Å². The summed E-state index contributed by atoms with van der Waals surface area (Å²) in [6.45, 7) is 2.81. The molecule has 3 aromatic carbocycles. The van der Waals surface area contributed by atoms with E-state index < -0.39 is 34.4 Å². The molecule has 0 saturated carbocycles. The van der Waals surface area contributed by atoms with Gasteiger partial charge in [-0.25, -0.2) is 8.42 Å². The predicted octanol–water partition coefficient (Wildman–Crippen LogP) is 4.67. The molecule has 0 aliphatic carbocycles. The second-order valence-electron chi connectivity index (χ2n) is 8.55. The molecule has 1 atom stereocenters. The van der Waals surface area contributed by atoms with Gasteiger partial charge in [-0.1, -0.05) is 59.1 Å². The van der Waals surface area contributed by atoms with Gasteiger partial charge in [0.05, 0.1) is 22.7 Å². The SMILES string of the molecule is CNC(=O)C(C)N(Cc1ccccc1Cl)C(=O)CN(c1ccc(OC)c(Cl)c1)S(=O)(=O)c1ccc(C)cc1. The normalized spacial score (nSPS) is 11.9.